The quantitative estimate of drug-likeness (QED) is 0.313. The van der Waals surface area contributed by atoms with Gasteiger partial charge >= 0.3 is 0 Å². The first kappa shape index (κ1) is 18.8. The van der Waals surface area contributed by atoms with Crippen molar-refractivity contribution in [2.75, 3.05) is 0 Å². The molecule has 0 spiro atoms. The monoisotopic (exact) mass is 294 g/mol. The number of hydrogen-bond acceptors (Lipinski definition) is 2. The van der Waals surface area contributed by atoms with E-state index in [1.165, 1.54) is 0 Å². The van der Waals surface area contributed by atoms with Crippen LogP contribution in [0.25, 0.3) is 0 Å². The summed E-state index contributed by atoms with van der Waals surface area (Å²) in [7, 11) is 0. The maximum absolute atomic E-state index is 9.83. The summed E-state index contributed by atoms with van der Waals surface area (Å²) in [5, 5.41) is 19.0. The van der Waals surface area contributed by atoms with E-state index in [9.17, 15) is 10.2 Å². The van der Waals surface area contributed by atoms with E-state index >= 15 is 0 Å². The topological polar surface area (TPSA) is 40.5 Å². The van der Waals surface area contributed by atoms with E-state index in [4.69, 9.17) is 11.6 Å². The van der Waals surface area contributed by atoms with Gasteiger partial charge in [0.2, 0.25) is 0 Å². The first-order chi connectivity index (χ1) is 9.63. The van der Waals surface area contributed by atoms with Crippen LogP contribution in [0.4, 0.5) is 0 Å². The second-order valence-corrected chi connectivity index (χ2v) is 4.98. The fourth-order valence-corrected chi connectivity index (χ4v) is 1.82. The van der Waals surface area contributed by atoms with E-state index < -0.39 is 17.6 Å². The molecule has 0 bridgehead atoms. The summed E-state index contributed by atoms with van der Waals surface area (Å²) in [6.07, 6.45) is 7.81. The Kier molecular flexibility index (Phi) is 12.1. The number of unbranched alkanes of at least 4 members (excludes halogenated alkanes) is 3. The molecule has 0 saturated carbocycles. The van der Waals surface area contributed by atoms with Crippen molar-refractivity contribution >= 4 is 11.6 Å². The van der Waals surface area contributed by atoms with E-state index in [-0.39, 0.29) is 0 Å². The molecule has 20 heavy (non-hydrogen) atoms. The van der Waals surface area contributed by atoms with Crippen LogP contribution in [0, 0.1) is 23.7 Å². The van der Waals surface area contributed by atoms with Crippen LogP contribution in [-0.4, -0.2) is 27.8 Å². The lowest BCUT2D eigenvalue weighted by Crippen LogP contribution is -2.33. The smallest absolute Gasteiger partial charge is 0.142 e. The third-order valence-electron chi connectivity index (χ3n) is 2.69. The minimum Gasteiger partial charge on any atom is -0.388 e. The molecular weight excluding hydrogens is 272 g/mol. The fraction of sp³-hybridized carbons (Fsp3) is 0.529. The van der Waals surface area contributed by atoms with Crippen LogP contribution in [0.2, 0.25) is 0 Å². The highest BCUT2D eigenvalue weighted by Crippen LogP contribution is 2.16. The molecule has 2 nitrogen and oxygen atoms in total. The van der Waals surface area contributed by atoms with Gasteiger partial charge in [0, 0.05) is 0 Å². The average Bonchev–Trinajstić information content (AvgIpc) is 2.45. The summed E-state index contributed by atoms with van der Waals surface area (Å²) < 4.78 is 0. The first-order valence-electron chi connectivity index (χ1n) is 6.86. The normalized spacial score (nSPS) is 14.6. The first-order valence-corrected chi connectivity index (χ1v) is 7.30. The van der Waals surface area contributed by atoms with Crippen LogP contribution >= 0.6 is 11.6 Å². The lowest BCUT2D eigenvalue weighted by atomic mass is 10.0. The second-order valence-electron chi connectivity index (χ2n) is 4.42. The zero-order valence-corrected chi connectivity index (χ0v) is 12.7. The number of rotatable bonds is 8. The number of allylic oxidation sites excluding steroid dienone is 3. The molecule has 0 unspecified atom stereocenters. The molecule has 0 fully saturated rings. The molecule has 0 aromatic rings. The maximum atomic E-state index is 9.83. The minimum atomic E-state index is -1.16. The van der Waals surface area contributed by atoms with Gasteiger partial charge in [0.05, 0.1) is 5.38 Å². The Bertz CT molecular complexity index is 406. The Morgan fingerprint density at radius 3 is 2.60 bits per heavy atom. The van der Waals surface area contributed by atoms with E-state index in [0.29, 0.717) is 6.42 Å². The number of aliphatic hydroxyl groups excluding tert-OH is 2. The molecule has 0 aliphatic rings. The number of aliphatic hydroxyl groups is 2. The summed E-state index contributed by atoms with van der Waals surface area (Å²) in [5.41, 5.74) is 0. The molecule has 3 atom stereocenters. The zero-order chi connectivity index (χ0) is 15.2. The van der Waals surface area contributed by atoms with Crippen molar-refractivity contribution in [2.24, 2.45) is 0 Å². The average molecular weight is 295 g/mol. The van der Waals surface area contributed by atoms with Gasteiger partial charge in [-0.25, -0.2) is 0 Å². The molecule has 0 aliphatic heterocycles. The van der Waals surface area contributed by atoms with Crippen molar-refractivity contribution in [2.45, 2.75) is 56.6 Å². The highest BCUT2D eigenvalue weighted by molar-refractivity contribution is 6.21. The lowest BCUT2D eigenvalue weighted by Gasteiger charge is -2.18. The largest absolute Gasteiger partial charge is 0.388 e. The Balaban J connectivity index is 4.06. The van der Waals surface area contributed by atoms with Gasteiger partial charge in [0.25, 0.3) is 0 Å². The number of hydrogen-bond donors (Lipinski definition) is 2. The molecule has 0 rings (SSSR count). The predicted molar refractivity (Wildman–Crippen MR) is 85.3 cm³/mol. The van der Waals surface area contributed by atoms with Gasteiger partial charge in [-0.2, -0.15) is 0 Å². The summed E-state index contributed by atoms with van der Waals surface area (Å²) in [6.45, 7) is 5.52. The van der Waals surface area contributed by atoms with E-state index in [2.05, 4.69) is 30.3 Å². The van der Waals surface area contributed by atoms with Crippen molar-refractivity contribution in [1.82, 2.24) is 0 Å². The molecule has 0 radical (unpaired) electrons. The Hall–Kier alpha value is -1.19. The standard InChI is InChI=1S/C17H23ClO2/c1-3-5-7-9-11-13-15(18)17(20)16(19)14-12-10-8-6-4-2/h3-4,6,15-17,19-20H,1,5,7,9,11,13H2,2H3/b6-4-/t15-,16+,17-/m0/s1. The lowest BCUT2D eigenvalue weighted by molar-refractivity contribution is 0.0497. The highest BCUT2D eigenvalue weighted by Gasteiger charge is 2.22. The van der Waals surface area contributed by atoms with Crippen molar-refractivity contribution in [3.63, 3.8) is 0 Å². The predicted octanol–water partition coefficient (Wildman–Crippen LogP) is 3.04. The third-order valence-corrected chi connectivity index (χ3v) is 3.16. The molecule has 0 aromatic carbocycles. The number of alkyl halides is 1. The molecule has 3 heteroatoms. The molecule has 0 saturated heterocycles. The van der Waals surface area contributed by atoms with Gasteiger partial charge < -0.3 is 10.2 Å². The van der Waals surface area contributed by atoms with Crippen LogP contribution < -0.4 is 0 Å². The third kappa shape index (κ3) is 9.70. The Labute approximate surface area is 127 Å². The van der Waals surface area contributed by atoms with Crippen LogP contribution in [0.1, 0.15) is 39.0 Å². The van der Waals surface area contributed by atoms with Crippen molar-refractivity contribution in [3.05, 3.63) is 24.8 Å². The Morgan fingerprint density at radius 1 is 1.20 bits per heavy atom. The SMILES string of the molecule is C=CCCCCC[C@H](Cl)[C@H](O)[C@H](O)C#CC#C/C=C\C. The fourth-order valence-electron chi connectivity index (χ4n) is 1.53. The van der Waals surface area contributed by atoms with Crippen LogP contribution in [0.5, 0.6) is 0 Å². The zero-order valence-electron chi connectivity index (χ0n) is 12.0. The molecular formula is C17H23ClO2. The van der Waals surface area contributed by atoms with Gasteiger partial charge in [-0.3, -0.25) is 0 Å². The van der Waals surface area contributed by atoms with Crippen LogP contribution in [0.3, 0.4) is 0 Å². The number of halogens is 1. The molecule has 0 amide bonds. The van der Waals surface area contributed by atoms with E-state index in [0.717, 1.165) is 25.7 Å². The van der Waals surface area contributed by atoms with Crippen molar-refractivity contribution in [1.29, 1.82) is 0 Å². The van der Waals surface area contributed by atoms with Gasteiger partial charge in [-0.15, -0.1) is 18.2 Å². The molecule has 0 aliphatic carbocycles. The van der Waals surface area contributed by atoms with Gasteiger partial charge in [0.1, 0.15) is 12.2 Å². The van der Waals surface area contributed by atoms with Crippen LogP contribution in [0.15, 0.2) is 24.8 Å². The van der Waals surface area contributed by atoms with E-state index in [1.807, 2.05) is 13.0 Å². The second kappa shape index (κ2) is 12.8. The van der Waals surface area contributed by atoms with Gasteiger partial charge in [-0.05, 0) is 44.1 Å². The maximum Gasteiger partial charge on any atom is 0.142 e. The molecule has 0 aromatic heterocycles. The summed E-state index contributed by atoms with van der Waals surface area (Å²) >= 11 is 6.06. The van der Waals surface area contributed by atoms with Gasteiger partial charge in [0.15, 0.2) is 0 Å². The van der Waals surface area contributed by atoms with E-state index in [1.54, 1.807) is 12.2 Å². The summed E-state index contributed by atoms with van der Waals surface area (Å²) in [6, 6.07) is 0. The highest BCUT2D eigenvalue weighted by atomic mass is 35.5. The van der Waals surface area contributed by atoms with Crippen molar-refractivity contribution in [3.8, 4) is 23.7 Å². The summed E-state index contributed by atoms with van der Waals surface area (Å²) in [4.78, 5) is 0. The minimum absolute atomic E-state index is 0.494. The molecule has 110 valence electrons. The molecule has 0 heterocycles. The van der Waals surface area contributed by atoms with Crippen molar-refractivity contribution < 1.29 is 10.2 Å². The van der Waals surface area contributed by atoms with Crippen LogP contribution in [-0.2, 0) is 0 Å². The van der Waals surface area contributed by atoms with Gasteiger partial charge in [-0.1, -0.05) is 36.8 Å². The molecule has 2 N–H and O–H groups in total. The summed E-state index contributed by atoms with van der Waals surface area (Å²) in [5.74, 6) is 10.2. The Morgan fingerprint density at radius 2 is 1.95 bits per heavy atom.